The number of nitrogens with one attached hydrogen (secondary N) is 1. The molecule has 0 aliphatic rings. The number of pyridine rings is 1. The fourth-order valence-corrected chi connectivity index (χ4v) is 4.48. The van der Waals surface area contributed by atoms with Crippen LogP contribution in [0.15, 0.2) is 28.4 Å². The van der Waals surface area contributed by atoms with Crippen molar-refractivity contribution in [1.82, 2.24) is 14.9 Å². The first-order valence-electron chi connectivity index (χ1n) is 12.2. The molecule has 1 aromatic carbocycles. The van der Waals surface area contributed by atoms with Gasteiger partial charge in [0.05, 0.1) is 24.2 Å². The van der Waals surface area contributed by atoms with E-state index in [9.17, 15) is 9.59 Å². The molecule has 0 aliphatic carbocycles. The average Bonchev–Trinajstić information content (AvgIpc) is 3.29. The van der Waals surface area contributed by atoms with Crippen LogP contribution >= 0.6 is 11.3 Å². The van der Waals surface area contributed by atoms with Gasteiger partial charge in [0.25, 0.3) is 5.56 Å². The Morgan fingerprint density at radius 1 is 1.28 bits per heavy atom. The summed E-state index contributed by atoms with van der Waals surface area (Å²) >= 11 is 1.37. The topological polar surface area (TPSA) is 106 Å². The molecule has 1 amide bonds. The summed E-state index contributed by atoms with van der Waals surface area (Å²) < 4.78 is 13.4. The van der Waals surface area contributed by atoms with Crippen molar-refractivity contribution in [3.63, 3.8) is 0 Å². The summed E-state index contributed by atoms with van der Waals surface area (Å²) in [6.07, 6.45) is 1.24. The number of rotatable bonds is 9. The average molecular weight is 511 g/mol. The van der Waals surface area contributed by atoms with Crippen molar-refractivity contribution in [2.45, 2.75) is 73.1 Å². The highest BCUT2D eigenvalue weighted by Gasteiger charge is 2.22. The SMILES string of the molecule is CCCCOc1c(CNC(=O)OC(C)(C)C)n(CC(C)C)c(=O)c2ccc(-c3nc(C#N)cs3)cc12. The Kier molecular flexibility index (Phi) is 8.75. The number of hydrogen-bond donors (Lipinski definition) is 1. The van der Waals surface area contributed by atoms with E-state index in [0.29, 0.717) is 46.1 Å². The summed E-state index contributed by atoms with van der Waals surface area (Å²) in [5, 5.41) is 15.5. The maximum atomic E-state index is 13.6. The van der Waals surface area contributed by atoms with E-state index in [4.69, 9.17) is 14.7 Å². The molecular weight excluding hydrogens is 476 g/mol. The van der Waals surface area contributed by atoms with Gasteiger partial charge in [-0.2, -0.15) is 5.26 Å². The summed E-state index contributed by atoms with van der Waals surface area (Å²) in [4.78, 5) is 30.5. The monoisotopic (exact) mass is 510 g/mol. The maximum absolute atomic E-state index is 13.6. The quantitative estimate of drug-likeness (QED) is 0.362. The van der Waals surface area contributed by atoms with E-state index in [2.05, 4.69) is 23.3 Å². The first kappa shape index (κ1) is 27.2. The molecule has 0 radical (unpaired) electrons. The first-order chi connectivity index (χ1) is 17.0. The molecule has 8 nitrogen and oxygen atoms in total. The van der Waals surface area contributed by atoms with E-state index in [1.54, 1.807) is 36.8 Å². The van der Waals surface area contributed by atoms with Gasteiger partial charge in [-0.15, -0.1) is 11.3 Å². The molecule has 3 aromatic rings. The number of alkyl carbamates (subject to hydrolysis) is 1. The third kappa shape index (κ3) is 6.64. The molecule has 0 spiro atoms. The smallest absolute Gasteiger partial charge is 0.407 e. The van der Waals surface area contributed by atoms with Gasteiger partial charge >= 0.3 is 6.09 Å². The van der Waals surface area contributed by atoms with Crippen LogP contribution in [0.4, 0.5) is 4.79 Å². The molecule has 0 unspecified atom stereocenters. The van der Waals surface area contributed by atoms with Crippen LogP contribution in [0.3, 0.4) is 0 Å². The largest absolute Gasteiger partial charge is 0.491 e. The minimum absolute atomic E-state index is 0.0777. The van der Waals surface area contributed by atoms with E-state index in [1.165, 1.54) is 11.3 Å². The van der Waals surface area contributed by atoms with Gasteiger partial charge in [-0.3, -0.25) is 4.79 Å². The van der Waals surface area contributed by atoms with E-state index in [1.807, 2.05) is 26.0 Å². The van der Waals surface area contributed by atoms with Crippen molar-refractivity contribution in [2.75, 3.05) is 6.61 Å². The second kappa shape index (κ2) is 11.6. The number of nitrogens with zero attached hydrogens (tertiary/aromatic N) is 3. The fourth-order valence-electron chi connectivity index (χ4n) is 3.74. The number of benzene rings is 1. The summed E-state index contributed by atoms with van der Waals surface area (Å²) in [5.41, 5.74) is 0.949. The van der Waals surface area contributed by atoms with Crippen molar-refractivity contribution in [2.24, 2.45) is 5.92 Å². The molecule has 192 valence electrons. The van der Waals surface area contributed by atoms with Gasteiger partial charge in [0.1, 0.15) is 22.4 Å². The normalized spacial score (nSPS) is 11.5. The number of carbonyl (C=O) groups is 1. The Hall–Kier alpha value is -3.38. The van der Waals surface area contributed by atoms with Crippen LogP contribution in [-0.4, -0.2) is 27.9 Å². The minimum Gasteiger partial charge on any atom is -0.491 e. The van der Waals surface area contributed by atoms with Crippen LogP contribution in [0.1, 0.15) is 65.8 Å². The number of amides is 1. The highest BCUT2D eigenvalue weighted by Crippen LogP contribution is 2.33. The summed E-state index contributed by atoms with van der Waals surface area (Å²) in [6, 6.07) is 7.57. The Balaban J connectivity index is 2.19. The third-order valence-electron chi connectivity index (χ3n) is 5.28. The predicted octanol–water partition coefficient (Wildman–Crippen LogP) is 5.86. The van der Waals surface area contributed by atoms with Gasteiger partial charge < -0.3 is 19.4 Å². The van der Waals surface area contributed by atoms with E-state index >= 15 is 0 Å². The van der Waals surface area contributed by atoms with Crippen LogP contribution < -0.4 is 15.6 Å². The van der Waals surface area contributed by atoms with Gasteiger partial charge in [-0.25, -0.2) is 9.78 Å². The van der Waals surface area contributed by atoms with Crippen molar-refractivity contribution in [3.05, 3.63) is 45.3 Å². The number of hydrogen-bond acceptors (Lipinski definition) is 7. The van der Waals surface area contributed by atoms with Crippen molar-refractivity contribution >= 4 is 28.2 Å². The molecule has 9 heteroatoms. The highest BCUT2D eigenvalue weighted by atomic mass is 32.1. The van der Waals surface area contributed by atoms with Crippen LogP contribution in [0.2, 0.25) is 0 Å². The van der Waals surface area contributed by atoms with Gasteiger partial charge in [-0.05, 0) is 45.2 Å². The zero-order valence-corrected chi connectivity index (χ0v) is 22.6. The lowest BCUT2D eigenvalue weighted by molar-refractivity contribution is 0.0521. The number of unbranched alkanes of at least 4 members (excludes halogenated alkanes) is 1. The molecule has 0 atom stereocenters. The Bertz CT molecular complexity index is 1330. The van der Waals surface area contributed by atoms with Crippen LogP contribution in [0, 0.1) is 17.2 Å². The van der Waals surface area contributed by atoms with Crippen molar-refractivity contribution < 1.29 is 14.3 Å². The lowest BCUT2D eigenvalue weighted by Gasteiger charge is -2.23. The van der Waals surface area contributed by atoms with Crippen LogP contribution in [-0.2, 0) is 17.8 Å². The lowest BCUT2D eigenvalue weighted by atomic mass is 10.0. The zero-order chi connectivity index (χ0) is 26.5. The van der Waals surface area contributed by atoms with Crippen molar-refractivity contribution in [3.8, 4) is 22.4 Å². The summed E-state index contributed by atoms with van der Waals surface area (Å²) in [6.45, 7) is 12.6. The second-order valence-electron chi connectivity index (χ2n) is 10.1. The van der Waals surface area contributed by atoms with Crippen LogP contribution in [0.5, 0.6) is 5.75 Å². The summed E-state index contributed by atoms with van der Waals surface area (Å²) in [5.74, 6) is 0.761. The molecule has 0 fully saturated rings. The molecule has 0 bridgehead atoms. The van der Waals surface area contributed by atoms with Gasteiger partial charge in [-0.1, -0.05) is 33.3 Å². The number of aromatic nitrogens is 2. The zero-order valence-electron chi connectivity index (χ0n) is 21.8. The Morgan fingerprint density at radius 3 is 2.64 bits per heavy atom. The molecule has 0 saturated carbocycles. The second-order valence-corrected chi connectivity index (χ2v) is 10.9. The standard InChI is InChI=1S/C27H34N4O4S/c1-7-8-11-34-23-21-12-18(24-30-19(13-28)16-36-24)9-10-20(21)25(32)31(15-17(2)3)22(23)14-29-26(33)35-27(4,5)6/h9-10,12,16-17H,7-8,11,14-15H2,1-6H3,(H,29,33). The van der Waals surface area contributed by atoms with E-state index < -0.39 is 11.7 Å². The third-order valence-corrected chi connectivity index (χ3v) is 6.18. The fraction of sp³-hybridized carbons (Fsp3) is 0.481. The number of carbonyl (C=O) groups excluding carboxylic acids is 1. The Labute approximate surface area is 215 Å². The summed E-state index contributed by atoms with van der Waals surface area (Å²) in [7, 11) is 0. The van der Waals surface area contributed by atoms with Gasteiger partial charge in [0, 0.05) is 22.9 Å². The predicted molar refractivity (Wildman–Crippen MR) is 142 cm³/mol. The van der Waals surface area contributed by atoms with Crippen molar-refractivity contribution in [1.29, 1.82) is 5.26 Å². The number of thiazole rings is 1. The highest BCUT2D eigenvalue weighted by molar-refractivity contribution is 7.13. The first-order valence-corrected chi connectivity index (χ1v) is 13.1. The molecule has 2 aromatic heterocycles. The minimum atomic E-state index is -0.642. The molecular formula is C27H34N4O4S. The molecule has 1 N–H and O–H groups in total. The number of nitriles is 1. The van der Waals surface area contributed by atoms with E-state index in [0.717, 1.165) is 18.4 Å². The maximum Gasteiger partial charge on any atom is 0.407 e. The molecule has 36 heavy (non-hydrogen) atoms. The number of fused-ring (bicyclic) bond motifs is 1. The molecule has 2 heterocycles. The van der Waals surface area contributed by atoms with E-state index in [-0.39, 0.29) is 18.0 Å². The van der Waals surface area contributed by atoms with Gasteiger partial charge in [0.2, 0.25) is 0 Å². The van der Waals surface area contributed by atoms with Gasteiger partial charge in [0.15, 0.2) is 5.69 Å². The Morgan fingerprint density at radius 2 is 2.03 bits per heavy atom. The molecule has 3 rings (SSSR count). The van der Waals surface area contributed by atoms with Crippen LogP contribution in [0.25, 0.3) is 21.3 Å². The lowest BCUT2D eigenvalue weighted by Crippen LogP contribution is -2.35. The molecule has 0 saturated heterocycles. The number of ether oxygens (including phenoxy) is 2. The molecule has 0 aliphatic heterocycles.